The maximum absolute atomic E-state index is 5.85. The summed E-state index contributed by atoms with van der Waals surface area (Å²) in [5, 5.41) is 11.3. The van der Waals surface area contributed by atoms with Gasteiger partial charge in [-0.2, -0.15) is 5.10 Å². The third kappa shape index (κ3) is 5.21. The molecule has 1 unspecified atom stereocenters. The molecular weight excluding hydrogens is 340 g/mol. The van der Waals surface area contributed by atoms with Gasteiger partial charge in [0.15, 0.2) is 5.96 Å². The summed E-state index contributed by atoms with van der Waals surface area (Å²) < 4.78 is 7.86. The van der Waals surface area contributed by atoms with Crippen LogP contribution in [0.1, 0.15) is 49.4 Å². The van der Waals surface area contributed by atoms with E-state index in [1.165, 1.54) is 0 Å². The minimum atomic E-state index is 0.154. The third-order valence-electron chi connectivity index (χ3n) is 4.56. The molecule has 0 spiro atoms. The van der Waals surface area contributed by atoms with E-state index >= 15 is 0 Å². The fourth-order valence-corrected chi connectivity index (χ4v) is 3.25. The first kappa shape index (κ1) is 19.2. The van der Waals surface area contributed by atoms with E-state index in [-0.39, 0.29) is 6.04 Å². The van der Waals surface area contributed by atoms with Crippen LogP contribution in [0, 0.1) is 13.8 Å². The van der Waals surface area contributed by atoms with Crippen LogP contribution < -0.4 is 15.4 Å². The van der Waals surface area contributed by atoms with Crippen molar-refractivity contribution in [3.8, 4) is 5.75 Å². The predicted octanol–water partition coefficient (Wildman–Crippen LogP) is 2.75. The van der Waals surface area contributed by atoms with Gasteiger partial charge >= 0.3 is 0 Å². The Bertz CT molecular complexity index is 770. The molecule has 0 saturated carbocycles. The minimum absolute atomic E-state index is 0.154. The molecule has 1 aromatic heterocycles. The highest BCUT2D eigenvalue weighted by Gasteiger charge is 2.24. The van der Waals surface area contributed by atoms with Crippen molar-refractivity contribution in [3.63, 3.8) is 0 Å². The highest BCUT2D eigenvalue weighted by Crippen LogP contribution is 2.22. The second-order valence-corrected chi connectivity index (χ2v) is 6.81. The second-order valence-electron chi connectivity index (χ2n) is 6.81. The predicted molar refractivity (Wildman–Crippen MR) is 107 cm³/mol. The van der Waals surface area contributed by atoms with Crippen LogP contribution in [0.4, 0.5) is 0 Å². The van der Waals surface area contributed by atoms with Gasteiger partial charge in [0.2, 0.25) is 0 Å². The first-order valence-electron chi connectivity index (χ1n) is 9.82. The number of benzene rings is 1. The van der Waals surface area contributed by atoms with Gasteiger partial charge in [-0.05, 0) is 45.2 Å². The largest absolute Gasteiger partial charge is 0.493 e. The molecule has 146 valence electrons. The van der Waals surface area contributed by atoms with Crippen LogP contribution in [0.3, 0.4) is 0 Å². The van der Waals surface area contributed by atoms with Gasteiger partial charge in [0.25, 0.3) is 0 Å². The van der Waals surface area contributed by atoms with Crippen LogP contribution in [-0.2, 0) is 6.54 Å². The van der Waals surface area contributed by atoms with E-state index in [9.17, 15) is 0 Å². The third-order valence-corrected chi connectivity index (χ3v) is 4.56. The number of nitrogens with one attached hydrogen (secondary N) is 2. The lowest BCUT2D eigenvalue weighted by Gasteiger charge is -2.25. The summed E-state index contributed by atoms with van der Waals surface area (Å²) in [6.07, 6.45) is 3.00. The van der Waals surface area contributed by atoms with Crippen molar-refractivity contribution in [2.24, 2.45) is 4.99 Å². The Balaban J connectivity index is 1.52. The second kappa shape index (κ2) is 9.39. The molecule has 3 rings (SSSR count). The monoisotopic (exact) mass is 370 g/mol. The van der Waals surface area contributed by atoms with Crippen molar-refractivity contribution in [3.05, 3.63) is 41.5 Å². The Kier molecular flexibility index (Phi) is 6.68. The Morgan fingerprint density at radius 2 is 2.19 bits per heavy atom. The summed E-state index contributed by atoms with van der Waals surface area (Å²) in [4.78, 5) is 9.28. The highest BCUT2D eigenvalue weighted by molar-refractivity contribution is 5.80. The number of hydrogen-bond acceptors (Lipinski definition) is 4. The van der Waals surface area contributed by atoms with Gasteiger partial charge in [-0.15, -0.1) is 0 Å². The molecule has 0 bridgehead atoms. The van der Waals surface area contributed by atoms with Crippen LogP contribution in [0.2, 0.25) is 0 Å². The minimum Gasteiger partial charge on any atom is -0.493 e. The molecule has 2 aromatic rings. The van der Waals surface area contributed by atoms with Crippen molar-refractivity contribution in [1.82, 2.24) is 25.4 Å². The fourth-order valence-electron chi connectivity index (χ4n) is 3.25. The normalized spacial score (nSPS) is 16.7. The molecule has 1 aromatic carbocycles. The first-order chi connectivity index (χ1) is 13.2. The molecule has 1 aliphatic rings. The number of aryl methyl sites for hydroxylation is 3. The average Bonchev–Trinajstić information content (AvgIpc) is 3.04. The average molecular weight is 371 g/mol. The van der Waals surface area contributed by atoms with Gasteiger partial charge in [0.05, 0.1) is 12.6 Å². The molecule has 0 amide bonds. The molecule has 0 fully saturated rings. The van der Waals surface area contributed by atoms with Crippen LogP contribution in [0.25, 0.3) is 0 Å². The molecular formula is C20H30N6O. The summed E-state index contributed by atoms with van der Waals surface area (Å²) in [6, 6.07) is 8.24. The van der Waals surface area contributed by atoms with Gasteiger partial charge in [-0.1, -0.05) is 18.2 Å². The number of aromatic nitrogens is 3. The number of para-hydroxylation sites is 1. The lowest BCUT2D eigenvalue weighted by atomic mass is 10.1. The van der Waals surface area contributed by atoms with Gasteiger partial charge in [0.1, 0.15) is 17.4 Å². The molecule has 7 nitrogen and oxygen atoms in total. The number of nitrogens with zero attached hydrogens (tertiary/aromatic N) is 4. The highest BCUT2D eigenvalue weighted by atomic mass is 16.5. The number of aliphatic imine (C=N–C) groups is 1. The summed E-state index contributed by atoms with van der Waals surface area (Å²) in [5.41, 5.74) is 1.16. The maximum atomic E-state index is 5.85. The van der Waals surface area contributed by atoms with Crippen LogP contribution in [0.15, 0.2) is 29.3 Å². The van der Waals surface area contributed by atoms with Gasteiger partial charge in [0, 0.05) is 26.1 Å². The topological polar surface area (TPSA) is 76.4 Å². The SMILES string of the molecule is CCNC(=NCCCOc1ccccc1C)NC1CCCn2nc(C)nc21. The molecule has 1 aliphatic heterocycles. The summed E-state index contributed by atoms with van der Waals surface area (Å²) in [5.74, 6) is 3.61. The molecule has 0 saturated heterocycles. The number of ether oxygens (including phenoxy) is 1. The Morgan fingerprint density at radius 3 is 3.00 bits per heavy atom. The lowest BCUT2D eigenvalue weighted by Crippen LogP contribution is -2.41. The fraction of sp³-hybridized carbons (Fsp3) is 0.550. The van der Waals surface area contributed by atoms with E-state index in [0.29, 0.717) is 13.2 Å². The smallest absolute Gasteiger partial charge is 0.191 e. The van der Waals surface area contributed by atoms with Crippen LogP contribution in [0.5, 0.6) is 5.75 Å². The van der Waals surface area contributed by atoms with Crippen LogP contribution in [-0.4, -0.2) is 40.4 Å². The summed E-state index contributed by atoms with van der Waals surface area (Å²) >= 11 is 0. The molecule has 27 heavy (non-hydrogen) atoms. The molecule has 2 heterocycles. The molecule has 0 aliphatic carbocycles. The van der Waals surface area contributed by atoms with Crippen molar-refractivity contribution >= 4 is 5.96 Å². The van der Waals surface area contributed by atoms with E-state index in [4.69, 9.17) is 9.73 Å². The Morgan fingerprint density at radius 1 is 1.33 bits per heavy atom. The zero-order valence-corrected chi connectivity index (χ0v) is 16.5. The van der Waals surface area contributed by atoms with E-state index in [0.717, 1.165) is 61.3 Å². The van der Waals surface area contributed by atoms with Gasteiger partial charge in [-0.3, -0.25) is 4.99 Å². The number of rotatable bonds is 7. The lowest BCUT2D eigenvalue weighted by molar-refractivity contribution is 0.311. The summed E-state index contributed by atoms with van der Waals surface area (Å²) in [6.45, 7) is 9.21. The Hall–Kier alpha value is -2.57. The standard InChI is InChI=1S/C20H30N6O/c1-4-21-20(22-12-8-14-27-18-11-6-5-9-15(18)2)24-17-10-7-13-26-19(17)23-16(3)25-26/h5-6,9,11,17H,4,7-8,10,12-14H2,1-3H3,(H2,21,22,24). The maximum Gasteiger partial charge on any atom is 0.191 e. The quantitative estimate of drug-likeness (QED) is 0.445. The van der Waals surface area contributed by atoms with E-state index in [2.05, 4.69) is 40.6 Å². The van der Waals surface area contributed by atoms with Crippen LogP contribution >= 0.6 is 0 Å². The molecule has 7 heteroatoms. The molecule has 2 N–H and O–H groups in total. The number of fused-ring (bicyclic) bond motifs is 1. The first-order valence-corrected chi connectivity index (χ1v) is 9.82. The van der Waals surface area contributed by atoms with Crippen molar-refractivity contribution in [2.75, 3.05) is 19.7 Å². The number of guanidine groups is 1. The van der Waals surface area contributed by atoms with Gasteiger partial charge in [-0.25, -0.2) is 9.67 Å². The zero-order chi connectivity index (χ0) is 19.1. The van der Waals surface area contributed by atoms with E-state index < -0.39 is 0 Å². The molecule has 1 atom stereocenters. The molecule has 0 radical (unpaired) electrons. The van der Waals surface area contributed by atoms with Crippen molar-refractivity contribution in [1.29, 1.82) is 0 Å². The van der Waals surface area contributed by atoms with E-state index in [1.807, 2.05) is 29.8 Å². The van der Waals surface area contributed by atoms with Crippen molar-refractivity contribution < 1.29 is 4.74 Å². The van der Waals surface area contributed by atoms with Gasteiger partial charge < -0.3 is 15.4 Å². The van der Waals surface area contributed by atoms with E-state index in [1.54, 1.807) is 0 Å². The number of hydrogen-bond donors (Lipinski definition) is 2. The zero-order valence-electron chi connectivity index (χ0n) is 16.5. The van der Waals surface area contributed by atoms with Crippen molar-refractivity contribution in [2.45, 2.75) is 52.6 Å². The summed E-state index contributed by atoms with van der Waals surface area (Å²) in [7, 11) is 0. The Labute approximate surface area is 161 Å².